The highest BCUT2D eigenvalue weighted by Crippen LogP contribution is 2.32. The fourth-order valence-corrected chi connectivity index (χ4v) is 2.69. The lowest BCUT2D eigenvalue weighted by Crippen LogP contribution is -2.04. The average molecular weight is 333 g/mol. The number of aromatic hydroxyl groups is 1. The maximum absolute atomic E-state index is 11.3. The number of pyridine rings is 1. The zero-order valence-electron chi connectivity index (χ0n) is 14.0. The quantitative estimate of drug-likeness (QED) is 0.722. The number of methoxy groups -OCH3 is 1. The summed E-state index contributed by atoms with van der Waals surface area (Å²) in [6.45, 7) is 0. The normalized spacial score (nSPS) is 10.4. The Bertz CT molecular complexity index is 858. The zero-order valence-corrected chi connectivity index (χ0v) is 14.0. The molecule has 0 atom stereocenters. The minimum Gasteiger partial charge on any atom is -0.505 e. The predicted molar refractivity (Wildman–Crippen MR) is 96.3 cm³/mol. The molecule has 3 rings (SSSR count). The van der Waals surface area contributed by atoms with Crippen LogP contribution in [0.5, 0.6) is 5.75 Å². The molecule has 3 aromatic rings. The van der Waals surface area contributed by atoms with E-state index < -0.39 is 0 Å². The van der Waals surface area contributed by atoms with Gasteiger partial charge in [0, 0.05) is 18.2 Å². The van der Waals surface area contributed by atoms with Crippen molar-refractivity contribution in [2.24, 2.45) is 0 Å². The van der Waals surface area contributed by atoms with Gasteiger partial charge < -0.3 is 9.84 Å². The molecular weight excluding hydrogens is 314 g/mol. The van der Waals surface area contributed by atoms with E-state index in [9.17, 15) is 9.90 Å². The van der Waals surface area contributed by atoms with Crippen LogP contribution in [0, 0.1) is 0 Å². The highest BCUT2D eigenvalue weighted by molar-refractivity contribution is 5.74. The number of benzene rings is 2. The van der Waals surface area contributed by atoms with Gasteiger partial charge in [0.2, 0.25) is 0 Å². The van der Waals surface area contributed by atoms with Gasteiger partial charge in [0.1, 0.15) is 5.75 Å². The van der Waals surface area contributed by atoms with Crippen molar-refractivity contribution in [1.82, 2.24) is 4.98 Å². The Morgan fingerprint density at radius 3 is 2.40 bits per heavy atom. The molecule has 0 aliphatic heterocycles. The minimum atomic E-state index is -0.273. The molecule has 0 saturated heterocycles. The summed E-state index contributed by atoms with van der Waals surface area (Å²) in [5.41, 5.74) is 4.21. The molecule has 0 aliphatic carbocycles. The standard InChI is InChI=1S/C21H19NO3/c1-25-20(23)14-16-7-9-17(10-8-16)18-11-12-22-19(21(18)24)13-15-5-3-2-4-6-15/h2-12,24H,13-14H2,1H3. The lowest BCUT2D eigenvalue weighted by atomic mass is 10.00. The fourth-order valence-electron chi connectivity index (χ4n) is 2.69. The van der Waals surface area contributed by atoms with Gasteiger partial charge >= 0.3 is 5.97 Å². The second kappa shape index (κ2) is 7.62. The predicted octanol–water partition coefficient (Wildman–Crippen LogP) is 3.76. The number of carbonyl (C=O) groups excluding carboxylic acids is 1. The molecule has 0 saturated carbocycles. The van der Waals surface area contributed by atoms with Gasteiger partial charge in [-0.15, -0.1) is 0 Å². The lowest BCUT2D eigenvalue weighted by Gasteiger charge is -2.10. The van der Waals surface area contributed by atoms with Crippen LogP contribution in [0.25, 0.3) is 11.1 Å². The van der Waals surface area contributed by atoms with Gasteiger partial charge in [0.05, 0.1) is 19.2 Å². The maximum Gasteiger partial charge on any atom is 0.309 e. The first-order chi connectivity index (χ1) is 12.2. The first-order valence-electron chi connectivity index (χ1n) is 8.04. The fraction of sp³-hybridized carbons (Fsp3) is 0.143. The van der Waals surface area contributed by atoms with Gasteiger partial charge in [-0.2, -0.15) is 0 Å². The van der Waals surface area contributed by atoms with Crippen LogP contribution in [0.4, 0.5) is 0 Å². The van der Waals surface area contributed by atoms with E-state index in [0.717, 1.165) is 22.3 Å². The van der Waals surface area contributed by atoms with Crippen LogP contribution in [0.2, 0.25) is 0 Å². The average Bonchev–Trinajstić information content (AvgIpc) is 2.65. The summed E-state index contributed by atoms with van der Waals surface area (Å²) in [5.74, 6) is -0.0864. The number of ether oxygens (including phenoxy) is 1. The van der Waals surface area contributed by atoms with Crippen molar-refractivity contribution in [3.63, 3.8) is 0 Å². The van der Waals surface area contributed by atoms with Crippen molar-refractivity contribution in [2.45, 2.75) is 12.8 Å². The molecule has 1 aromatic heterocycles. The number of hydrogen-bond acceptors (Lipinski definition) is 4. The Labute approximate surface area is 146 Å². The highest BCUT2D eigenvalue weighted by atomic mass is 16.5. The molecule has 0 radical (unpaired) electrons. The summed E-state index contributed by atoms with van der Waals surface area (Å²) in [6.07, 6.45) is 2.51. The number of aromatic nitrogens is 1. The third kappa shape index (κ3) is 4.04. The van der Waals surface area contributed by atoms with E-state index >= 15 is 0 Å². The molecule has 4 heteroatoms. The third-order valence-corrected chi connectivity index (χ3v) is 4.06. The first kappa shape index (κ1) is 16.7. The van der Waals surface area contributed by atoms with E-state index in [4.69, 9.17) is 0 Å². The lowest BCUT2D eigenvalue weighted by molar-refractivity contribution is -0.139. The summed E-state index contributed by atoms with van der Waals surface area (Å²) in [7, 11) is 1.37. The maximum atomic E-state index is 11.3. The van der Waals surface area contributed by atoms with Crippen LogP contribution in [0.3, 0.4) is 0 Å². The molecule has 126 valence electrons. The van der Waals surface area contributed by atoms with Crippen LogP contribution in [0.15, 0.2) is 66.9 Å². The number of carbonyl (C=O) groups is 1. The summed E-state index contributed by atoms with van der Waals surface area (Å²) < 4.78 is 4.67. The molecule has 0 bridgehead atoms. The second-order valence-corrected chi connectivity index (χ2v) is 5.77. The second-order valence-electron chi connectivity index (χ2n) is 5.77. The van der Waals surface area contributed by atoms with Crippen molar-refractivity contribution < 1.29 is 14.6 Å². The van der Waals surface area contributed by atoms with Gasteiger partial charge in [-0.25, -0.2) is 0 Å². The summed E-state index contributed by atoms with van der Waals surface area (Å²) >= 11 is 0. The summed E-state index contributed by atoms with van der Waals surface area (Å²) in [6, 6.07) is 19.2. The molecule has 0 aliphatic rings. The van der Waals surface area contributed by atoms with Gasteiger partial charge in [-0.05, 0) is 22.8 Å². The van der Waals surface area contributed by atoms with Crippen LogP contribution < -0.4 is 0 Å². The molecule has 25 heavy (non-hydrogen) atoms. The number of nitrogens with zero attached hydrogens (tertiary/aromatic N) is 1. The third-order valence-electron chi connectivity index (χ3n) is 4.06. The van der Waals surface area contributed by atoms with Crippen LogP contribution in [0.1, 0.15) is 16.8 Å². The summed E-state index contributed by atoms with van der Waals surface area (Å²) in [4.78, 5) is 15.7. The van der Waals surface area contributed by atoms with Crippen molar-refractivity contribution >= 4 is 5.97 Å². The Morgan fingerprint density at radius 1 is 1.00 bits per heavy atom. The van der Waals surface area contributed by atoms with Crippen LogP contribution in [-0.4, -0.2) is 23.2 Å². The molecule has 1 N–H and O–H groups in total. The van der Waals surface area contributed by atoms with E-state index in [1.165, 1.54) is 7.11 Å². The van der Waals surface area contributed by atoms with Crippen molar-refractivity contribution in [1.29, 1.82) is 0 Å². The van der Waals surface area contributed by atoms with Crippen molar-refractivity contribution in [2.75, 3.05) is 7.11 Å². The Kier molecular flexibility index (Phi) is 5.09. The SMILES string of the molecule is COC(=O)Cc1ccc(-c2ccnc(Cc3ccccc3)c2O)cc1. The number of rotatable bonds is 5. The molecule has 4 nitrogen and oxygen atoms in total. The Hall–Kier alpha value is -3.14. The van der Waals surface area contributed by atoms with E-state index in [-0.39, 0.29) is 18.1 Å². The van der Waals surface area contributed by atoms with E-state index in [1.807, 2.05) is 54.6 Å². The molecule has 0 fully saturated rings. The Morgan fingerprint density at radius 2 is 1.72 bits per heavy atom. The summed E-state index contributed by atoms with van der Waals surface area (Å²) in [5, 5.41) is 10.6. The topological polar surface area (TPSA) is 59.4 Å². The minimum absolute atomic E-state index is 0.187. The smallest absolute Gasteiger partial charge is 0.309 e. The molecule has 0 unspecified atom stereocenters. The molecule has 1 heterocycles. The van der Waals surface area contributed by atoms with Crippen LogP contribution in [-0.2, 0) is 22.4 Å². The van der Waals surface area contributed by atoms with Gasteiger partial charge in [0.25, 0.3) is 0 Å². The highest BCUT2D eigenvalue weighted by Gasteiger charge is 2.11. The van der Waals surface area contributed by atoms with Gasteiger partial charge in [0.15, 0.2) is 0 Å². The van der Waals surface area contributed by atoms with Crippen molar-refractivity contribution in [3.05, 3.63) is 83.7 Å². The number of esters is 1. The first-order valence-corrected chi connectivity index (χ1v) is 8.04. The zero-order chi connectivity index (χ0) is 17.6. The largest absolute Gasteiger partial charge is 0.505 e. The molecular formula is C21H19NO3. The van der Waals surface area contributed by atoms with E-state index in [1.54, 1.807) is 12.3 Å². The van der Waals surface area contributed by atoms with Gasteiger partial charge in [-0.3, -0.25) is 9.78 Å². The Balaban J connectivity index is 1.85. The van der Waals surface area contributed by atoms with Crippen molar-refractivity contribution in [3.8, 4) is 16.9 Å². The monoisotopic (exact) mass is 333 g/mol. The van der Waals surface area contributed by atoms with E-state index in [0.29, 0.717) is 12.1 Å². The molecule has 2 aromatic carbocycles. The molecule has 0 amide bonds. The number of hydrogen-bond donors (Lipinski definition) is 1. The van der Waals surface area contributed by atoms with E-state index in [2.05, 4.69) is 9.72 Å². The van der Waals surface area contributed by atoms with Crippen LogP contribution >= 0.6 is 0 Å². The molecule has 0 spiro atoms. The van der Waals surface area contributed by atoms with Gasteiger partial charge in [-0.1, -0.05) is 54.6 Å².